The lowest BCUT2D eigenvalue weighted by Crippen LogP contribution is -2.34. The molecular weight excluding hydrogens is 254 g/mol. The van der Waals surface area contributed by atoms with E-state index in [1.807, 2.05) is 0 Å². The summed E-state index contributed by atoms with van der Waals surface area (Å²) >= 11 is 0. The third-order valence-electron chi connectivity index (χ3n) is 5.07. The molecule has 1 nitrogen and oxygen atoms in total. The van der Waals surface area contributed by atoms with Crippen LogP contribution < -0.4 is 4.90 Å². The summed E-state index contributed by atoms with van der Waals surface area (Å²) in [5.74, 6) is 0.500. The number of hydrogen-bond donors (Lipinski definition) is 0. The van der Waals surface area contributed by atoms with Crippen LogP contribution in [0.1, 0.15) is 69.9 Å². The number of unbranched alkanes of at least 4 members (excludes halogenated alkanes) is 2. The molecule has 1 aliphatic heterocycles. The fourth-order valence-electron chi connectivity index (χ4n) is 3.40. The molecule has 116 valence electrons. The summed E-state index contributed by atoms with van der Waals surface area (Å²) in [6.07, 6.45) is 8.49. The van der Waals surface area contributed by atoms with Gasteiger partial charge in [0.05, 0.1) is 0 Å². The number of allylic oxidation sites excluding steroid dienone is 1. The number of nitrogens with zero attached hydrogens (tertiary/aromatic N) is 1. The van der Waals surface area contributed by atoms with Crippen LogP contribution in [0.4, 0.5) is 5.69 Å². The minimum atomic E-state index is 0.298. The minimum Gasteiger partial charge on any atom is -0.374 e. The molecule has 21 heavy (non-hydrogen) atoms. The van der Waals surface area contributed by atoms with Crippen molar-refractivity contribution in [2.45, 2.75) is 64.2 Å². The van der Waals surface area contributed by atoms with Gasteiger partial charge >= 0.3 is 0 Å². The van der Waals surface area contributed by atoms with Crippen LogP contribution in [-0.2, 0) is 5.41 Å². The molecule has 0 saturated heterocycles. The van der Waals surface area contributed by atoms with E-state index in [1.54, 1.807) is 0 Å². The Hall–Kier alpha value is -1.24. The number of benzene rings is 1. The fraction of sp³-hybridized carbons (Fsp3) is 0.600. The van der Waals surface area contributed by atoms with Crippen molar-refractivity contribution in [3.05, 3.63) is 42.0 Å². The van der Waals surface area contributed by atoms with Gasteiger partial charge in [-0.2, -0.15) is 0 Å². The molecule has 0 N–H and O–H groups in total. The number of hydrogen-bond acceptors (Lipinski definition) is 1. The largest absolute Gasteiger partial charge is 0.374 e. The van der Waals surface area contributed by atoms with Crippen LogP contribution in [0, 0.1) is 0 Å². The molecule has 0 saturated carbocycles. The first kappa shape index (κ1) is 16.1. The van der Waals surface area contributed by atoms with E-state index < -0.39 is 0 Å². The molecule has 1 aromatic carbocycles. The molecule has 1 heteroatoms. The predicted molar refractivity (Wildman–Crippen MR) is 94.4 cm³/mol. The van der Waals surface area contributed by atoms with Crippen molar-refractivity contribution in [1.82, 2.24) is 0 Å². The molecule has 0 amide bonds. The zero-order valence-corrected chi connectivity index (χ0v) is 14.3. The Labute approximate surface area is 131 Å². The smallest absolute Gasteiger partial charge is 0.0404 e. The van der Waals surface area contributed by atoms with Crippen molar-refractivity contribution in [2.24, 2.45) is 0 Å². The lowest BCUT2D eigenvalue weighted by atomic mass is 9.76. The van der Waals surface area contributed by atoms with E-state index in [0.717, 1.165) is 6.54 Å². The van der Waals surface area contributed by atoms with E-state index in [4.69, 9.17) is 0 Å². The molecule has 0 bridgehead atoms. The summed E-state index contributed by atoms with van der Waals surface area (Å²) in [5.41, 5.74) is 4.65. The van der Waals surface area contributed by atoms with Crippen LogP contribution in [0.25, 0.3) is 0 Å². The molecule has 1 atom stereocenters. The fourth-order valence-corrected chi connectivity index (χ4v) is 3.40. The lowest BCUT2D eigenvalue weighted by molar-refractivity contribution is 0.461. The summed E-state index contributed by atoms with van der Waals surface area (Å²) in [5, 5.41) is 0. The minimum absolute atomic E-state index is 0.298. The van der Waals surface area contributed by atoms with Gasteiger partial charge in [-0.05, 0) is 35.4 Å². The van der Waals surface area contributed by atoms with Crippen molar-refractivity contribution < 1.29 is 0 Å². The SMILES string of the molecule is C=CC(CCCCC)c1ccc2c(c1)N(C)CCC2(C)C. The van der Waals surface area contributed by atoms with Crippen molar-refractivity contribution >= 4 is 5.69 Å². The van der Waals surface area contributed by atoms with E-state index in [9.17, 15) is 0 Å². The average molecular weight is 285 g/mol. The van der Waals surface area contributed by atoms with E-state index in [0.29, 0.717) is 11.3 Å². The molecule has 0 fully saturated rings. The van der Waals surface area contributed by atoms with E-state index in [2.05, 4.69) is 63.6 Å². The average Bonchev–Trinajstić information content (AvgIpc) is 2.48. The zero-order chi connectivity index (χ0) is 15.5. The maximum atomic E-state index is 4.06. The first-order valence-corrected chi connectivity index (χ1v) is 8.47. The monoisotopic (exact) mass is 285 g/mol. The summed E-state index contributed by atoms with van der Waals surface area (Å²) in [6.45, 7) is 12.2. The normalized spacial score (nSPS) is 18.2. The van der Waals surface area contributed by atoms with Crippen LogP contribution in [0.5, 0.6) is 0 Å². The maximum absolute atomic E-state index is 4.06. The van der Waals surface area contributed by atoms with Gasteiger partial charge in [-0.15, -0.1) is 6.58 Å². The highest BCUT2D eigenvalue weighted by atomic mass is 15.1. The Kier molecular flexibility index (Phi) is 5.13. The first-order valence-electron chi connectivity index (χ1n) is 8.47. The number of rotatable bonds is 6. The van der Waals surface area contributed by atoms with Crippen LogP contribution >= 0.6 is 0 Å². The van der Waals surface area contributed by atoms with E-state index in [-0.39, 0.29) is 0 Å². The third-order valence-corrected chi connectivity index (χ3v) is 5.07. The Bertz CT molecular complexity index is 487. The summed E-state index contributed by atoms with van der Waals surface area (Å²) in [6, 6.07) is 7.10. The second-order valence-corrected chi connectivity index (χ2v) is 7.17. The highest BCUT2D eigenvalue weighted by Crippen LogP contribution is 2.40. The van der Waals surface area contributed by atoms with Crippen LogP contribution in [-0.4, -0.2) is 13.6 Å². The van der Waals surface area contributed by atoms with Crippen LogP contribution in [0.15, 0.2) is 30.9 Å². The van der Waals surface area contributed by atoms with Gasteiger partial charge in [0, 0.05) is 25.2 Å². The Morgan fingerprint density at radius 3 is 2.76 bits per heavy atom. The van der Waals surface area contributed by atoms with Crippen molar-refractivity contribution in [3.8, 4) is 0 Å². The van der Waals surface area contributed by atoms with Gasteiger partial charge in [0.2, 0.25) is 0 Å². The topological polar surface area (TPSA) is 3.24 Å². The zero-order valence-electron chi connectivity index (χ0n) is 14.3. The van der Waals surface area contributed by atoms with Crippen molar-refractivity contribution in [1.29, 1.82) is 0 Å². The Morgan fingerprint density at radius 2 is 2.10 bits per heavy atom. The standard InChI is InChI=1S/C20H31N/c1-6-8-9-10-16(7-2)17-11-12-18-19(15-17)21(5)14-13-20(18,3)4/h7,11-12,15-16H,2,6,8-10,13-14H2,1,3-5H3. The van der Waals surface area contributed by atoms with Gasteiger partial charge in [0.1, 0.15) is 0 Å². The summed E-state index contributed by atoms with van der Waals surface area (Å²) < 4.78 is 0. The third kappa shape index (κ3) is 3.51. The van der Waals surface area contributed by atoms with E-state index in [1.165, 1.54) is 48.9 Å². The maximum Gasteiger partial charge on any atom is 0.0404 e. The van der Waals surface area contributed by atoms with Crippen molar-refractivity contribution in [3.63, 3.8) is 0 Å². The molecule has 1 unspecified atom stereocenters. The van der Waals surface area contributed by atoms with Crippen LogP contribution in [0.2, 0.25) is 0 Å². The van der Waals surface area contributed by atoms with Crippen LogP contribution in [0.3, 0.4) is 0 Å². The molecule has 0 aliphatic carbocycles. The molecular formula is C20H31N. The molecule has 2 rings (SSSR count). The molecule has 0 radical (unpaired) electrons. The van der Waals surface area contributed by atoms with Gasteiger partial charge in [-0.25, -0.2) is 0 Å². The van der Waals surface area contributed by atoms with Crippen molar-refractivity contribution in [2.75, 3.05) is 18.5 Å². The Balaban J connectivity index is 2.26. The highest BCUT2D eigenvalue weighted by molar-refractivity contribution is 5.60. The van der Waals surface area contributed by atoms with Gasteiger partial charge in [0.25, 0.3) is 0 Å². The summed E-state index contributed by atoms with van der Waals surface area (Å²) in [7, 11) is 2.22. The van der Waals surface area contributed by atoms with Gasteiger partial charge in [0.15, 0.2) is 0 Å². The summed E-state index contributed by atoms with van der Waals surface area (Å²) in [4.78, 5) is 2.41. The Morgan fingerprint density at radius 1 is 1.33 bits per heavy atom. The molecule has 0 spiro atoms. The lowest BCUT2D eigenvalue weighted by Gasteiger charge is -2.39. The van der Waals surface area contributed by atoms with Gasteiger partial charge in [-0.3, -0.25) is 0 Å². The molecule has 1 aromatic rings. The first-order chi connectivity index (χ1) is 9.99. The molecule has 0 aromatic heterocycles. The predicted octanol–water partition coefficient (Wildman–Crippen LogP) is 5.65. The second kappa shape index (κ2) is 6.68. The molecule has 1 aliphatic rings. The number of fused-ring (bicyclic) bond motifs is 1. The number of anilines is 1. The highest BCUT2D eigenvalue weighted by Gasteiger charge is 2.30. The quantitative estimate of drug-likeness (QED) is 0.482. The van der Waals surface area contributed by atoms with Gasteiger partial charge < -0.3 is 4.90 Å². The second-order valence-electron chi connectivity index (χ2n) is 7.17. The van der Waals surface area contributed by atoms with Gasteiger partial charge in [-0.1, -0.05) is 58.2 Å². The van der Waals surface area contributed by atoms with E-state index >= 15 is 0 Å². The molecule has 1 heterocycles.